The van der Waals surface area contributed by atoms with Gasteiger partial charge in [0.25, 0.3) is 5.91 Å². The number of nitrogens with one attached hydrogen (secondary N) is 1. The lowest BCUT2D eigenvalue weighted by molar-refractivity contribution is 0.102. The van der Waals surface area contributed by atoms with E-state index < -0.39 is 21.7 Å². The third-order valence-corrected chi connectivity index (χ3v) is 6.89. The van der Waals surface area contributed by atoms with Crippen LogP contribution in [0.5, 0.6) is 5.75 Å². The maximum Gasteiger partial charge on any atom is 0.255 e. The Bertz CT molecular complexity index is 1320. The minimum atomic E-state index is -3.75. The van der Waals surface area contributed by atoms with Crippen LogP contribution in [-0.2, 0) is 16.6 Å². The lowest BCUT2D eigenvalue weighted by Gasteiger charge is -2.24. The number of ether oxygens (including phenoxy) is 1. The largest absolute Gasteiger partial charge is 0.494 e. The molecule has 3 aromatic carbocycles. The Hall–Kier alpha value is -2.52. The number of amides is 1. The number of carbonyl (C=O) groups is 1. The third kappa shape index (κ3) is 6.33. The van der Waals surface area contributed by atoms with Crippen molar-refractivity contribution in [1.29, 1.82) is 0 Å². The molecular formula is C23H20Cl3FN2O4S. The summed E-state index contributed by atoms with van der Waals surface area (Å²) in [5.41, 5.74) is 1.20. The van der Waals surface area contributed by atoms with Crippen LogP contribution in [0.15, 0.2) is 54.6 Å². The highest BCUT2D eigenvalue weighted by atomic mass is 35.5. The molecule has 0 saturated heterocycles. The second-order valence-electron chi connectivity index (χ2n) is 7.20. The highest BCUT2D eigenvalue weighted by Crippen LogP contribution is 2.33. The first-order chi connectivity index (χ1) is 16.0. The average molecular weight is 546 g/mol. The standard InChI is InChI=1S/C23H20Cl3FN2O4S/c1-3-33-22-9-4-14(23(30)28-21-12-19(25)18(24)11-20(21)26)10-15(22)13-29(34(2,31)32)17-7-5-16(27)6-8-17/h4-12H,3,13H2,1-2H3,(H,28,30). The molecule has 0 saturated carbocycles. The quantitative estimate of drug-likeness (QED) is 0.332. The van der Waals surface area contributed by atoms with Crippen molar-refractivity contribution in [3.63, 3.8) is 0 Å². The van der Waals surface area contributed by atoms with Crippen LogP contribution in [0.2, 0.25) is 15.1 Å². The molecule has 1 N–H and O–H groups in total. The predicted molar refractivity (Wildman–Crippen MR) is 134 cm³/mol. The van der Waals surface area contributed by atoms with Crippen LogP contribution in [0.1, 0.15) is 22.8 Å². The molecule has 0 spiro atoms. The minimum Gasteiger partial charge on any atom is -0.494 e. The molecule has 180 valence electrons. The van der Waals surface area contributed by atoms with Crippen LogP contribution in [0.25, 0.3) is 0 Å². The Kier molecular flexibility index (Phi) is 8.30. The van der Waals surface area contributed by atoms with E-state index in [4.69, 9.17) is 39.5 Å². The third-order valence-electron chi connectivity index (χ3n) is 4.71. The number of anilines is 2. The van der Waals surface area contributed by atoms with E-state index in [9.17, 15) is 17.6 Å². The summed E-state index contributed by atoms with van der Waals surface area (Å²) in [5.74, 6) is -0.591. The molecule has 0 atom stereocenters. The Labute approximate surface area is 212 Å². The molecular weight excluding hydrogens is 526 g/mol. The van der Waals surface area contributed by atoms with E-state index in [1.165, 1.54) is 48.5 Å². The summed E-state index contributed by atoms with van der Waals surface area (Å²) in [6, 6.07) is 12.5. The lowest BCUT2D eigenvalue weighted by atomic mass is 10.1. The van der Waals surface area contributed by atoms with Crippen LogP contribution >= 0.6 is 34.8 Å². The van der Waals surface area contributed by atoms with Crippen molar-refractivity contribution in [1.82, 2.24) is 0 Å². The number of sulfonamides is 1. The van der Waals surface area contributed by atoms with E-state index in [2.05, 4.69) is 5.32 Å². The Morgan fingerprint density at radius 1 is 1.00 bits per heavy atom. The van der Waals surface area contributed by atoms with Crippen molar-refractivity contribution in [2.75, 3.05) is 22.5 Å². The van der Waals surface area contributed by atoms with Gasteiger partial charge >= 0.3 is 0 Å². The second-order valence-corrected chi connectivity index (χ2v) is 10.3. The van der Waals surface area contributed by atoms with Gasteiger partial charge in [-0.25, -0.2) is 12.8 Å². The molecule has 11 heteroatoms. The monoisotopic (exact) mass is 544 g/mol. The molecule has 34 heavy (non-hydrogen) atoms. The minimum absolute atomic E-state index is 0.144. The summed E-state index contributed by atoms with van der Waals surface area (Å²) in [5, 5.41) is 3.33. The number of hydrogen-bond donors (Lipinski definition) is 1. The topological polar surface area (TPSA) is 75.7 Å². The summed E-state index contributed by atoms with van der Waals surface area (Å²) >= 11 is 18.1. The second kappa shape index (κ2) is 10.8. The van der Waals surface area contributed by atoms with Crippen molar-refractivity contribution >= 4 is 62.1 Å². The van der Waals surface area contributed by atoms with Crippen molar-refractivity contribution in [3.8, 4) is 5.75 Å². The highest BCUT2D eigenvalue weighted by molar-refractivity contribution is 7.92. The van der Waals surface area contributed by atoms with Gasteiger partial charge in [-0.05, 0) is 61.5 Å². The maximum absolute atomic E-state index is 13.4. The summed E-state index contributed by atoms with van der Waals surface area (Å²) in [4.78, 5) is 12.9. The highest BCUT2D eigenvalue weighted by Gasteiger charge is 2.21. The summed E-state index contributed by atoms with van der Waals surface area (Å²) in [6.45, 7) is 1.96. The van der Waals surface area contributed by atoms with E-state index in [1.54, 1.807) is 13.0 Å². The van der Waals surface area contributed by atoms with E-state index in [0.29, 0.717) is 17.9 Å². The summed E-state index contributed by atoms with van der Waals surface area (Å²) in [7, 11) is -3.75. The van der Waals surface area contributed by atoms with Crippen LogP contribution in [0.3, 0.4) is 0 Å². The first-order valence-corrected chi connectivity index (χ1v) is 12.9. The van der Waals surface area contributed by atoms with Gasteiger partial charge in [-0.3, -0.25) is 9.10 Å². The zero-order valence-electron chi connectivity index (χ0n) is 18.1. The number of nitrogens with zero attached hydrogens (tertiary/aromatic N) is 1. The van der Waals surface area contributed by atoms with Crippen molar-refractivity contribution < 1.29 is 22.3 Å². The fourth-order valence-corrected chi connectivity index (χ4v) is 4.59. The summed E-state index contributed by atoms with van der Waals surface area (Å²) < 4.78 is 45.2. The predicted octanol–water partition coefficient (Wildman–Crippen LogP) is 6.40. The van der Waals surface area contributed by atoms with Gasteiger partial charge in [-0.1, -0.05) is 34.8 Å². The molecule has 0 fully saturated rings. The zero-order valence-corrected chi connectivity index (χ0v) is 21.2. The smallest absolute Gasteiger partial charge is 0.255 e. The molecule has 0 aromatic heterocycles. The van der Waals surface area contributed by atoms with Gasteiger partial charge in [0.05, 0.1) is 45.9 Å². The molecule has 0 unspecified atom stereocenters. The number of hydrogen-bond acceptors (Lipinski definition) is 4. The fourth-order valence-electron chi connectivity index (χ4n) is 3.12. The van der Waals surface area contributed by atoms with Gasteiger partial charge in [-0.2, -0.15) is 0 Å². The maximum atomic E-state index is 13.4. The molecule has 6 nitrogen and oxygen atoms in total. The van der Waals surface area contributed by atoms with Gasteiger partial charge in [-0.15, -0.1) is 0 Å². The van der Waals surface area contributed by atoms with Gasteiger partial charge in [0.2, 0.25) is 10.0 Å². The number of rotatable bonds is 8. The van der Waals surface area contributed by atoms with E-state index in [1.807, 2.05) is 0 Å². The van der Waals surface area contributed by atoms with Crippen LogP contribution in [-0.4, -0.2) is 27.2 Å². The molecule has 0 radical (unpaired) electrons. The Morgan fingerprint density at radius 3 is 2.26 bits per heavy atom. The molecule has 3 rings (SSSR count). The van der Waals surface area contributed by atoms with Crippen molar-refractivity contribution in [3.05, 3.63) is 86.6 Å². The molecule has 0 aliphatic heterocycles. The fraction of sp³-hybridized carbons (Fsp3) is 0.174. The van der Waals surface area contributed by atoms with E-state index in [0.717, 1.165) is 10.6 Å². The van der Waals surface area contributed by atoms with Gasteiger partial charge in [0.1, 0.15) is 11.6 Å². The van der Waals surface area contributed by atoms with Crippen LogP contribution in [0, 0.1) is 5.82 Å². The van der Waals surface area contributed by atoms with E-state index >= 15 is 0 Å². The molecule has 0 aliphatic rings. The van der Waals surface area contributed by atoms with Crippen molar-refractivity contribution in [2.24, 2.45) is 0 Å². The van der Waals surface area contributed by atoms with Gasteiger partial charge in [0.15, 0.2) is 0 Å². The van der Waals surface area contributed by atoms with Crippen molar-refractivity contribution in [2.45, 2.75) is 13.5 Å². The molecule has 0 heterocycles. The molecule has 0 aliphatic carbocycles. The Morgan fingerprint density at radius 2 is 1.65 bits per heavy atom. The number of halogens is 4. The Balaban J connectivity index is 1.97. The lowest BCUT2D eigenvalue weighted by Crippen LogP contribution is -2.29. The average Bonchev–Trinajstić information content (AvgIpc) is 2.76. The van der Waals surface area contributed by atoms with E-state index in [-0.39, 0.29) is 38.6 Å². The SMILES string of the molecule is CCOc1ccc(C(=O)Nc2cc(Cl)c(Cl)cc2Cl)cc1CN(c1ccc(F)cc1)S(C)(=O)=O. The summed E-state index contributed by atoms with van der Waals surface area (Å²) in [6.07, 6.45) is 1.04. The van der Waals surface area contributed by atoms with Gasteiger partial charge in [0, 0.05) is 11.1 Å². The van der Waals surface area contributed by atoms with Crippen LogP contribution < -0.4 is 14.4 Å². The number of carbonyl (C=O) groups excluding carboxylic acids is 1. The zero-order chi connectivity index (χ0) is 25.0. The normalized spacial score (nSPS) is 11.2. The number of benzene rings is 3. The first-order valence-electron chi connectivity index (χ1n) is 9.94. The molecule has 0 bridgehead atoms. The first kappa shape index (κ1) is 26.1. The van der Waals surface area contributed by atoms with Crippen LogP contribution in [0.4, 0.5) is 15.8 Å². The van der Waals surface area contributed by atoms with Gasteiger partial charge < -0.3 is 10.1 Å². The molecule has 3 aromatic rings. The molecule has 1 amide bonds.